The fourth-order valence-corrected chi connectivity index (χ4v) is 2.93. The minimum absolute atomic E-state index is 0.0662. The largest absolute Gasteiger partial charge is 0.465 e. The van der Waals surface area contributed by atoms with Crippen molar-refractivity contribution in [2.75, 3.05) is 19.7 Å². The summed E-state index contributed by atoms with van der Waals surface area (Å²) >= 11 is 0. The van der Waals surface area contributed by atoms with Gasteiger partial charge in [0.2, 0.25) is 0 Å². The van der Waals surface area contributed by atoms with Crippen molar-refractivity contribution in [3.63, 3.8) is 0 Å². The molecule has 16 heavy (non-hydrogen) atoms. The van der Waals surface area contributed by atoms with Crippen LogP contribution in [0.2, 0.25) is 0 Å². The lowest BCUT2D eigenvalue weighted by Gasteiger charge is -2.37. The molecule has 2 rings (SSSR count). The number of aliphatic hydroxyl groups is 1. The van der Waals surface area contributed by atoms with Crippen molar-refractivity contribution in [2.45, 2.75) is 25.7 Å². The highest BCUT2D eigenvalue weighted by Crippen LogP contribution is 2.45. The maximum Gasteiger partial charge on any atom is 0.407 e. The number of carbonyl (C=O) groups excluding carboxylic acids is 1. The van der Waals surface area contributed by atoms with Gasteiger partial charge < -0.3 is 15.1 Å². The first-order chi connectivity index (χ1) is 7.59. The van der Waals surface area contributed by atoms with Gasteiger partial charge in [-0.3, -0.25) is 4.79 Å². The van der Waals surface area contributed by atoms with E-state index in [4.69, 9.17) is 10.2 Å². The van der Waals surface area contributed by atoms with Gasteiger partial charge in [-0.25, -0.2) is 4.79 Å². The van der Waals surface area contributed by atoms with Crippen LogP contribution in [0.25, 0.3) is 0 Å². The van der Waals surface area contributed by atoms with E-state index < -0.39 is 6.09 Å². The lowest BCUT2D eigenvalue weighted by molar-refractivity contribution is -0.132. The van der Waals surface area contributed by atoms with Crippen LogP contribution in [-0.4, -0.2) is 46.7 Å². The first kappa shape index (κ1) is 11.4. The highest BCUT2D eigenvalue weighted by atomic mass is 16.4. The molecule has 1 aliphatic carbocycles. The van der Waals surface area contributed by atoms with Crippen LogP contribution >= 0.6 is 0 Å². The summed E-state index contributed by atoms with van der Waals surface area (Å²) in [4.78, 5) is 24.2. The molecule has 1 atom stereocenters. The number of piperidine rings is 1. The molecule has 1 amide bonds. The molecule has 2 aliphatic rings. The molecule has 0 radical (unpaired) electrons. The number of ketones is 1. The highest BCUT2D eigenvalue weighted by Gasteiger charge is 2.48. The summed E-state index contributed by atoms with van der Waals surface area (Å²) in [5, 5.41) is 17.9. The SMILES string of the molecule is O=C(O)N1CCC2(CCC(CO)C2=O)CC1. The third-order valence-electron chi connectivity index (χ3n) is 4.08. The van der Waals surface area contributed by atoms with Crippen molar-refractivity contribution in [3.8, 4) is 0 Å². The van der Waals surface area contributed by atoms with Gasteiger partial charge in [0, 0.05) is 24.4 Å². The second kappa shape index (κ2) is 4.05. The molecule has 1 heterocycles. The van der Waals surface area contributed by atoms with E-state index in [9.17, 15) is 9.59 Å². The van der Waals surface area contributed by atoms with Gasteiger partial charge in [-0.05, 0) is 25.7 Å². The van der Waals surface area contributed by atoms with Crippen molar-refractivity contribution < 1.29 is 19.8 Å². The quantitative estimate of drug-likeness (QED) is 0.691. The number of Topliss-reactive ketones (excluding diaryl/α,β-unsaturated/α-hetero) is 1. The van der Waals surface area contributed by atoms with Crippen LogP contribution < -0.4 is 0 Å². The summed E-state index contributed by atoms with van der Waals surface area (Å²) in [5.74, 6) is -0.0589. The van der Waals surface area contributed by atoms with E-state index in [-0.39, 0.29) is 23.7 Å². The molecule has 90 valence electrons. The molecule has 0 bridgehead atoms. The van der Waals surface area contributed by atoms with Gasteiger partial charge in [0.15, 0.2) is 0 Å². The molecule has 0 aromatic rings. The average molecular weight is 227 g/mol. The Morgan fingerprint density at radius 1 is 1.38 bits per heavy atom. The smallest absolute Gasteiger partial charge is 0.407 e. The standard InChI is InChI=1S/C11H17NO4/c13-7-8-1-2-11(9(8)14)3-5-12(6-4-11)10(15)16/h8,13H,1-7H2,(H,15,16). The Morgan fingerprint density at radius 2 is 2.00 bits per heavy atom. The van der Waals surface area contributed by atoms with Crippen LogP contribution in [0.4, 0.5) is 4.79 Å². The first-order valence-electron chi connectivity index (χ1n) is 5.72. The Hall–Kier alpha value is -1.10. The fourth-order valence-electron chi connectivity index (χ4n) is 2.93. The number of aliphatic hydroxyl groups excluding tert-OH is 1. The Morgan fingerprint density at radius 3 is 2.44 bits per heavy atom. The Bertz CT molecular complexity index is 307. The number of amides is 1. The van der Waals surface area contributed by atoms with E-state index in [2.05, 4.69) is 0 Å². The van der Waals surface area contributed by atoms with Gasteiger partial charge in [0.1, 0.15) is 5.78 Å². The molecule has 5 nitrogen and oxygen atoms in total. The number of hydrogen-bond acceptors (Lipinski definition) is 3. The van der Waals surface area contributed by atoms with Gasteiger partial charge in [-0.15, -0.1) is 0 Å². The molecular weight excluding hydrogens is 210 g/mol. The van der Waals surface area contributed by atoms with Crippen LogP contribution in [0.3, 0.4) is 0 Å². The van der Waals surface area contributed by atoms with E-state index in [0.717, 1.165) is 12.8 Å². The number of carbonyl (C=O) groups is 2. The molecule has 1 saturated heterocycles. The van der Waals surface area contributed by atoms with E-state index in [1.54, 1.807) is 0 Å². The Balaban J connectivity index is 2.03. The zero-order valence-corrected chi connectivity index (χ0v) is 9.19. The van der Waals surface area contributed by atoms with Crippen LogP contribution in [0.5, 0.6) is 0 Å². The van der Waals surface area contributed by atoms with Gasteiger partial charge in [-0.1, -0.05) is 0 Å². The number of nitrogens with zero attached hydrogens (tertiary/aromatic N) is 1. The summed E-state index contributed by atoms with van der Waals surface area (Å²) in [7, 11) is 0. The fraction of sp³-hybridized carbons (Fsp3) is 0.818. The molecule has 1 saturated carbocycles. The summed E-state index contributed by atoms with van der Waals surface area (Å²) in [5.41, 5.74) is -0.334. The zero-order chi connectivity index (χ0) is 11.8. The monoisotopic (exact) mass is 227 g/mol. The molecule has 5 heteroatoms. The Labute approximate surface area is 94.0 Å². The normalized spacial score (nSPS) is 28.7. The van der Waals surface area contributed by atoms with Crippen molar-refractivity contribution in [2.24, 2.45) is 11.3 Å². The second-order valence-electron chi connectivity index (χ2n) is 4.83. The topological polar surface area (TPSA) is 77.8 Å². The van der Waals surface area contributed by atoms with Crippen molar-refractivity contribution in [3.05, 3.63) is 0 Å². The van der Waals surface area contributed by atoms with Gasteiger partial charge in [0.25, 0.3) is 0 Å². The number of hydrogen-bond donors (Lipinski definition) is 2. The maximum absolute atomic E-state index is 12.1. The van der Waals surface area contributed by atoms with Crippen LogP contribution in [0.15, 0.2) is 0 Å². The molecule has 1 unspecified atom stereocenters. The van der Waals surface area contributed by atoms with E-state index in [1.165, 1.54) is 4.90 Å². The molecule has 2 N–H and O–H groups in total. The third kappa shape index (κ3) is 1.69. The summed E-state index contributed by atoms with van der Waals surface area (Å²) in [6.07, 6.45) is 1.90. The van der Waals surface area contributed by atoms with Gasteiger partial charge in [0.05, 0.1) is 6.61 Å². The summed E-state index contributed by atoms with van der Waals surface area (Å²) in [6.45, 7) is 0.821. The van der Waals surface area contributed by atoms with Crippen LogP contribution in [0.1, 0.15) is 25.7 Å². The molecule has 0 aromatic heterocycles. The third-order valence-corrected chi connectivity index (χ3v) is 4.08. The van der Waals surface area contributed by atoms with Crippen molar-refractivity contribution in [1.29, 1.82) is 0 Å². The van der Waals surface area contributed by atoms with Crippen molar-refractivity contribution >= 4 is 11.9 Å². The van der Waals surface area contributed by atoms with Gasteiger partial charge >= 0.3 is 6.09 Å². The van der Waals surface area contributed by atoms with E-state index in [0.29, 0.717) is 25.9 Å². The zero-order valence-electron chi connectivity index (χ0n) is 9.19. The molecule has 1 spiro atoms. The lowest BCUT2D eigenvalue weighted by Crippen LogP contribution is -2.45. The Kier molecular flexibility index (Phi) is 2.88. The average Bonchev–Trinajstić information content (AvgIpc) is 2.58. The molecule has 2 fully saturated rings. The molecular formula is C11H17NO4. The predicted molar refractivity (Wildman–Crippen MR) is 56.1 cm³/mol. The van der Waals surface area contributed by atoms with Crippen molar-refractivity contribution in [1.82, 2.24) is 4.90 Å². The molecule has 0 aromatic carbocycles. The van der Waals surface area contributed by atoms with Crippen LogP contribution in [-0.2, 0) is 4.79 Å². The van der Waals surface area contributed by atoms with E-state index >= 15 is 0 Å². The first-order valence-corrected chi connectivity index (χ1v) is 5.72. The second-order valence-corrected chi connectivity index (χ2v) is 4.83. The number of likely N-dealkylation sites (tertiary alicyclic amines) is 1. The maximum atomic E-state index is 12.1. The lowest BCUT2D eigenvalue weighted by atomic mass is 9.75. The van der Waals surface area contributed by atoms with E-state index in [1.807, 2.05) is 0 Å². The number of rotatable bonds is 1. The number of carboxylic acid groups (broad SMARTS) is 1. The predicted octanol–water partition coefficient (Wildman–Crippen LogP) is 0.718. The highest BCUT2D eigenvalue weighted by molar-refractivity contribution is 5.89. The summed E-state index contributed by atoms with van der Waals surface area (Å²) in [6, 6.07) is 0. The molecule has 1 aliphatic heterocycles. The van der Waals surface area contributed by atoms with Crippen LogP contribution in [0, 0.1) is 11.3 Å². The van der Waals surface area contributed by atoms with Gasteiger partial charge in [-0.2, -0.15) is 0 Å². The summed E-state index contributed by atoms with van der Waals surface area (Å²) < 4.78 is 0. The minimum atomic E-state index is -0.904. The minimum Gasteiger partial charge on any atom is -0.465 e.